The molecule has 7 heteroatoms. The van der Waals surface area contributed by atoms with Crippen molar-refractivity contribution < 1.29 is 14.3 Å². The van der Waals surface area contributed by atoms with Gasteiger partial charge in [0, 0.05) is 33.2 Å². The third-order valence-corrected chi connectivity index (χ3v) is 5.98. The first-order valence-electron chi connectivity index (χ1n) is 8.95. The van der Waals surface area contributed by atoms with Crippen LogP contribution in [0.5, 0.6) is 0 Å². The SMILES string of the molecule is COC1CCC2(OC)CCN(C(=O)c3cnc4ccccn4c3=O)C2C1. The molecule has 0 radical (unpaired) electrons. The van der Waals surface area contributed by atoms with Gasteiger partial charge in [0.1, 0.15) is 11.2 Å². The smallest absolute Gasteiger partial charge is 0.270 e. The zero-order valence-electron chi connectivity index (χ0n) is 15.1. The molecule has 26 heavy (non-hydrogen) atoms. The number of methoxy groups -OCH3 is 2. The number of ether oxygens (including phenoxy) is 2. The molecule has 1 saturated heterocycles. The number of aromatic nitrogens is 2. The van der Waals surface area contributed by atoms with Gasteiger partial charge in [-0.15, -0.1) is 0 Å². The molecule has 1 aliphatic heterocycles. The quantitative estimate of drug-likeness (QED) is 0.832. The summed E-state index contributed by atoms with van der Waals surface area (Å²) in [5, 5.41) is 0. The molecule has 0 aromatic carbocycles. The molecule has 2 aromatic heterocycles. The van der Waals surface area contributed by atoms with E-state index in [4.69, 9.17) is 9.47 Å². The van der Waals surface area contributed by atoms with E-state index >= 15 is 0 Å². The molecule has 3 unspecified atom stereocenters. The van der Waals surface area contributed by atoms with Crippen molar-refractivity contribution in [3.8, 4) is 0 Å². The molecule has 4 rings (SSSR count). The Bertz CT molecular complexity index is 896. The number of hydrogen-bond donors (Lipinski definition) is 0. The molecule has 2 aromatic rings. The molecule has 1 saturated carbocycles. The van der Waals surface area contributed by atoms with Gasteiger partial charge in [-0.25, -0.2) is 4.98 Å². The third kappa shape index (κ3) is 2.54. The van der Waals surface area contributed by atoms with Crippen LogP contribution in [0.3, 0.4) is 0 Å². The second kappa shape index (κ2) is 6.48. The van der Waals surface area contributed by atoms with Crippen LogP contribution in [0.15, 0.2) is 35.4 Å². The molecule has 1 aliphatic carbocycles. The molecule has 0 N–H and O–H groups in total. The molecule has 7 nitrogen and oxygen atoms in total. The number of fused-ring (bicyclic) bond motifs is 2. The van der Waals surface area contributed by atoms with Crippen LogP contribution in [0.25, 0.3) is 5.65 Å². The highest BCUT2D eigenvalue weighted by Gasteiger charge is 2.53. The van der Waals surface area contributed by atoms with Crippen molar-refractivity contribution in [3.63, 3.8) is 0 Å². The number of carbonyl (C=O) groups excluding carboxylic acids is 1. The van der Waals surface area contributed by atoms with Crippen molar-refractivity contribution in [3.05, 3.63) is 46.5 Å². The zero-order chi connectivity index (χ0) is 18.3. The van der Waals surface area contributed by atoms with Crippen LogP contribution in [0.1, 0.15) is 36.0 Å². The maximum atomic E-state index is 13.2. The lowest BCUT2D eigenvalue weighted by molar-refractivity contribution is -0.0893. The van der Waals surface area contributed by atoms with Crippen molar-refractivity contribution in [1.82, 2.24) is 14.3 Å². The fourth-order valence-corrected chi connectivity index (χ4v) is 4.45. The summed E-state index contributed by atoms with van der Waals surface area (Å²) in [6.45, 7) is 0.574. The van der Waals surface area contributed by atoms with Gasteiger partial charge in [-0.3, -0.25) is 14.0 Å². The van der Waals surface area contributed by atoms with E-state index in [1.165, 1.54) is 10.6 Å². The number of nitrogens with zero attached hydrogens (tertiary/aromatic N) is 3. The van der Waals surface area contributed by atoms with E-state index < -0.39 is 0 Å². The molecule has 2 aliphatic rings. The minimum absolute atomic E-state index is 0.0884. The molecule has 3 heterocycles. The summed E-state index contributed by atoms with van der Waals surface area (Å²) in [5.41, 5.74) is -0.0564. The lowest BCUT2D eigenvalue weighted by Gasteiger charge is -2.43. The van der Waals surface area contributed by atoms with Gasteiger partial charge in [0.05, 0.1) is 17.7 Å². The number of hydrogen-bond acceptors (Lipinski definition) is 5. The highest BCUT2D eigenvalue weighted by atomic mass is 16.5. The Morgan fingerprint density at radius 2 is 2.15 bits per heavy atom. The molecular weight excluding hydrogens is 334 g/mol. The predicted molar refractivity (Wildman–Crippen MR) is 95.3 cm³/mol. The maximum Gasteiger partial charge on any atom is 0.270 e. The van der Waals surface area contributed by atoms with Crippen LogP contribution in [-0.4, -0.2) is 58.7 Å². The van der Waals surface area contributed by atoms with Gasteiger partial charge in [0.2, 0.25) is 0 Å². The molecule has 3 atom stereocenters. The Morgan fingerprint density at radius 1 is 1.31 bits per heavy atom. The topological polar surface area (TPSA) is 73.1 Å². The summed E-state index contributed by atoms with van der Waals surface area (Å²) in [7, 11) is 3.41. The van der Waals surface area contributed by atoms with E-state index in [9.17, 15) is 9.59 Å². The molecular formula is C19H23N3O4. The first kappa shape index (κ1) is 17.2. The first-order valence-corrected chi connectivity index (χ1v) is 8.95. The van der Waals surface area contributed by atoms with Gasteiger partial charge in [-0.05, 0) is 37.8 Å². The Morgan fingerprint density at radius 3 is 2.92 bits per heavy atom. The average Bonchev–Trinajstić information content (AvgIpc) is 3.07. The van der Waals surface area contributed by atoms with Crippen molar-refractivity contribution in [2.75, 3.05) is 20.8 Å². The standard InChI is InChI=1S/C19H23N3O4/c1-25-13-6-7-19(26-2)8-10-21(15(19)11-13)17(23)14-12-20-16-5-3-4-9-22(16)18(14)24/h3-5,9,12-13,15H,6-8,10-11H2,1-2H3. The summed E-state index contributed by atoms with van der Waals surface area (Å²) in [4.78, 5) is 32.0. The van der Waals surface area contributed by atoms with E-state index in [1.54, 1.807) is 37.4 Å². The van der Waals surface area contributed by atoms with Crippen LogP contribution in [0.4, 0.5) is 0 Å². The predicted octanol–water partition coefficient (Wildman–Crippen LogP) is 1.49. The monoisotopic (exact) mass is 357 g/mol. The minimum Gasteiger partial charge on any atom is -0.381 e. The minimum atomic E-state index is -0.342. The number of amides is 1. The Balaban J connectivity index is 1.70. The van der Waals surface area contributed by atoms with Crippen molar-refractivity contribution in [2.45, 2.75) is 43.4 Å². The van der Waals surface area contributed by atoms with Gasteiger partial charge < -0.3 is 14.4 Å². The summed E-state index contributed by atoms with van der Waals surface area (Å²) in [6.07, 6.45) is 6.40. The van der Waals surface area contributed by atoms with Crippen molar-refractivity contribution >= 4 is 11.6 Å². The van der Waals surface area contributed by atoms with Gasteiger partial charge >= 0.3 is 0 Å². The second-order valence-electron chi connectivity index (χ2n) is 7.07. The lowest BCUT2D eigenvalue weighted by atomic mass is 9.79. The largest absolute Gasteiger partial charge is 0.381 e. The number of rotatable bonds is 3. The summed E-state index contributed by atoms with van der Waals surface area (Å²) in [6, 6.07) is 5.21. The van der Waals surface area contributed by atoms with Crippen LogP contribution in [-0.2, 0) is 9.47 Å². The summed E-state index contributed by atoms with van der Waals surface area (Å²) in [5.74, 6) is -0.276. The Labute approximate surface area is 151 Å². The van der Waals surface area contributed by atoms with E-state index in [-0.39, 0.29) is 34.8 Å². The van der Waals surface area contributed by atoms with E-state index in [0.717, 1.165) is 25.7 Å². The molecule has 0 spiro atoms. The molecule has 138 valence electrons. The average molecular weight is 357 g/mol. The van der Waals surface area contributed by atoms with E-state index in [2.05, 4.69) is 4.98 Å². The van der Waals surface area contributed by atoms with Gasteiger partial charge in [0.25, 0.3) is 11.5 Å². The molecule has 2 fully saturated rings. The third-order valence-electron chi connectivity index (χ3n) is 5.98. The first-order chi connectivity index (χ1) is 12.6. The van der Waals surface area contributed by atoms with Crippen LogP contribution < -0.4 is 5.56 Å². The van der Waals surface area contributed by atoms with Crippen molar-refractivity contribution in [1.29, 1.82) is 0 Å². The van der Waals surface area contributed by atoms with Crippen LogP contribution in [0, 0.1) is 0 Å². The van der Waals surface area contributed by atoms with Gasteiger partial charge in [-0.1, -0.05) is 6.07 Å². The summed E-state index contributed by atoms with van der Waals surface area (Å²) >= 11 is 0. The number of carbonyl (C=O) groups is 1. The fourth-order valence-electron chi connectivity index (χ4n) is 4.45. The second-order valence-corrected chi connectivity index (χ2v) is 7.07. The van der Waals surface area contributed by atoms with Crippen molar-refractivity contribution in [2.24, 2.45) is 0 Å². The van der Waals surface area contributed by atoms with E-state index in [1.807, 2.05) is 6.07 Å². The maximum absolute atomic E-state index is 13.2. The Kier molecular flexibility index (Phi) is 4.28. The lowest BCUT2D eigenvalue weighted by Crippen LogP contribution is -2.53. The highest BCUT2D eigenvalue weighted by Crippen LogP contribution is 2.43. The normalized spacial score (nSPS) is 28.3. The molecule has 0 bridgehead atoms. The van der Waals surface area contributed by atoms with E-state index in [0.29, 0.717) is 12.2 Å². The van der Waals surface area contributed by atoms with Crippen LogP contribution >= 0.6 is 0 Å². The van der Waals surface area contributed by atoms with Gasteiger partial charge in [-0.2, -0.15) is 0 Å². The fraction of sp³-hybridized carbons (Fsp3) is 0.526. The zero-order valence-corrected chi connectivity index (χ0v) is 15.1. The summed E-state index contributed by atoms with van der Waals surface area (Å²) < 4.78 is 12.8. The van der Waals surface area contributed by atoms with Crippen LogP contribution in [0.2, 0.25) is 0 Å². The van der Waals surface area contributed by atoms with Gasteiger partial charge in [0.15, 0.2) is 0 Å². The number of pyridine rings is 1. The highest BCUT2D eigenvalue weighted by molar-refractivity contribution is 5.94. The Hall–Kier alpha value is -2.25. The molecule has 1 amide bonds. The number of likely N-dealkylation sites (tertiary alicyclic amines) is 1.